The van der Waals surface area contributed by atoms with Gasteiger partial charge in [-0.25, -0.2) is 0 Å². The van der Waals surface area contributed by atoms with E-state index in [1.807, 2.05) is 6.08 Å². The molecule has 102 valence electrons. The van der Waals surface area contributed by atoms with Crippen molar-refractivity contribution in [2.45, 2.75) is 43.5 Å². The van der Waals surface area contributed by atoms with Crippen LogP contribution in [0.25, 0.3) is 0 Å². The van der Waals surface area contributed by atoms with Crippen LogP contribution in [0.1, 0.15) is 19.8 Å². The largest absolute Gasteiger partial charge is 0.491 e. The smallest absolute Gasteiger partial charge is 0.128 e. The molecule has 0 spiro atoms. The van der Waals surface area contributed by atoms with E-state index in [9.17, 15) is 0 Å². The molecule has 0 aromatic heterocycles. The molecular formula is C15H16BrClO2. The number of hydrogen-bond acceptors (Lipinski definition) is 2. The molecule has 3 aliphatic rings. The lowest BCUT2D eigenvalue weighted by Crippen LogP contribution is -2.34. The maximum atomic E-state index is 6.51. The molecule has 3 unspecified atom stereocenters. The molecule has 0 N–H and O–H groups in total. The number of alkyl halides is 1. The molecule has 2 nitrogen and oxygen atoms in total. The number of rotatable bonds is 3. The first-order chi connectivity index (χ1) is 9.17. The zero-order valence-electron chi connectivity index (χ0n) is 10.7. The fraction of sp³-hybridized carbons (Fsp3) is 0.600. The quantitative estimate of drug-likeness (QED) is 0.576. The predicted molar refractivity (Wildman–Crippen MR) is 79.0 cm³/mol. The SMILES string of the molecule is C#C/C=C/C(Cl)C1C2C[C@H]3O/C(=C(/Br)CC)[C@@H]1[C@H]3O2. The highest BCUT2D eigenvalue weighted by Crippen LogP contribution is 2.56. The number of halogens is 2. The maximum absolute atomic E-state index is 6.51. The van der Waals surface area contributed by atoms with Crippen LogP contribution in [0.5, 0.6) is 0 Å². The van der Waals surface area contributed by atoms with Crippen LogP contribution in [0.3, 0.4) is 0 Å². The van der Waals surface area contributed by atoms with Crippen molar-refractivity contribution in [2.24, 2.45) is 11.8 Å². The summed E-state index contributed by atoms with van der Waals surface area (Å²) < 4.78 is 13.2. The first-order valence-corrected chi connectivity index (χ1v) is 7.87. The van der Waals surface area contributed by atoms with Gasteiger partial charge in [0.1, 0.15) is 18.0 Å². The molecule has 3 saturated heterocycles. The molecular weight excluding hydrogens is 328 g/mol. The second kappa shape index (κ2) is 5.16. The van der Waals surface area contributed by atoms with E-state index in [2.05, 4.69) is 28.8 Å². The van der Waals surface area contributed by atoms with Gasteiger partial charge in [0.15, 0.2) is 0 Å². The minimum Gasteiger partial charge on any atom is -0.491 e. The minimum atomic E-state index is -0.106. The Morgan fingerprint density at radius 2 is 2.42 bits per heavy atom. The highest BCUT2D eigenvalue weighted by Gasteiger charge is 2.63. The average molecular weight is 344 g/mol. The summed E-state index contributed by atoms with van der Waals surface area (Å²) in [5, 5.41) is -0.106. The normalized spacial score (nSPS) is 43.4. The minimum absolute atomic E-state index is 0.106. The first-order valence-electron chi connectivity index (χ1n) is 6.64. The second-order valence-corrected chi connectivity index (χ2v) is 6.69. The topological polar surface area (TPSA) is 18.5 Å². The van der Waals surface area contributed by atoms with E-state index < -0.39 is 0 Å². The number of allylic oxidation sites excluding steroid dienone is 3. The molecule has 3 fully saturated rings. The van der Waals surface area contributed by atoms with Crippen molar-refractivity contribution in [3.05, 3.63) is 22.4 Å². The molecule has 0 aromatic rings. The van der Waals surface area contributed by atoms with Gasteiger partial charge in [0.05, 0.1) is 17.4 Å². The molecule has 3 heterocycles. The van der Waals surface area contributed by atoms with Crippen LogP contribution < -0.4 is 0 Å². The van der Waals surface area contributed by atoms with Crippen molar-refractivity contribution >= 4 is 27.5 Å². The van der Waals surface area contributed by atoms with Crippen molar-refractivity contribution in [1.29, 1.82) is 0 Å². The summed E-state index contributed by atoms with van der Waals surface area (Å²) in [6.45, 7) is 2.11. The van der Waals surface area contributed by atoms with Gasteiger partial charge in [-0.1, -0.05) is 34.9 Å². The first kappa shape index (κ1) is 13.5. The van der Waals surface area contributed by atoms with Gasteiger partial charge in [-0.2, -0.15) is 0 Å². The van der Waals surface area contributed by atoms with E-state index in [0.717, 1.165) is 23.1 Å². The van der Waals surface area contributed by atoms with Crippen molar-refractivity contribution < 1.29 is 9.47 Å². The molecule has 0 radical (unpaired) electrons. The summed E-state index contributed by atoms with van der Waals surface area (Å²) in [5.74, 6) is 4.06. The van der Waals surface area contributed by atoms with Crippen LogP contribution in [0.2, 0.25) is 0 Å². The Bertz CT molecular complexity index is 477. The fourth-order valence-corrected chi connectivity index (χ4v) is 4.25. The number of fused-ring (bicyclic) bond motifs is 1. The van der Waals surface area contributed by atoms with Gasteiger partial charge < -0.3 is 9.47 Å². The third-order valence-electron chi connectivity index (χ3n) is 4.26. The molecule has 0 saturated carbocycles. The molecule has 2 bridgehead atoms. The van der Waals surface area contributed by atoms with Crippen LogP contribution in [0.15, 0.2) is 22.4 Å². The summed E-state index contributed by atoms with van der Waals surface area (Å²) in [4.78, 5) is 0. The summed E-state index contributed by atoms with van der Waals surface area (Å²) in [6.07, 6.45) is 11.3. The lowest BCUT2D eigenvalue weighted by atomic mass is 9.77. The summed E-state index contributed by atoms with van der Waals surface area (Å²) in [7, 11) is 0. The lowest BCUT2D eigenvalue weighted by molar-refractivity contribution is 0.0690. The highest BCUT2D eigenvalue weighted by molar-refractivity contribution is 9.11. The monoisotopic (exact) mass is 342 g/mol. The lowest BCUT2D eigenvalue weighted by Gasteiger charge is -2.25. The molecule has 19 heavy (non-hydrogen) atoms. The van der Waals surface area contributed by atoms with Crippen LogP contribution in [0, 0.1) is 24.2 Å². The fourth-order valence-electron chi connectivity index (χ4n) is 3.50. The van der Waals surface area contributed by atoms with Crippen molar-refractivity contribution in [3.63, 3.8) is 0 Å². The van der Waals surface area contributed by atoms with E-state index in [4.69, 9.17) is 27.5 Å². The predicted octanol–water partition coefficient (Wildman–Crippen LogP) is 3.60. The summed E-state index contributed by atoms with van der Waals surface area (Å²) in [6, 6.07) is 0. The van der Waals surface area contributed by atoms with E-state index in [1.54, 1.807) is 6.08 Å². The Morgan fingerprint density at radius 1 is 1.63 bits per heavy atom. The van der Waals surface area contributed by atoms with E-state index >= 15 is 0 Å². The third kappa shape index (κ3) is 2.05. The molecule has 0 aromatic carbocycles. The average Bonchev–Trinajstić information content (AvgIpc) is 3.02. The van der Waals surface area contributed by atoms with Gasteiger partial charge in [0.25, 0.3) is 0 Å². The molecule has 3 aliphatic heterocycles. The van der Waals surface area contributed by atoms with E-state index in [0.29, 0.717) is 0 Å². The van der Waals surface area contributed by atoms with Gasteiger partial charge in [0, 0.05) is 16.8 Å². The number of ether oxygens (including phenoxy) is 2. The zero-order chi connectivity index (χ0) is 13.6. The third-order valence-corrected chi connectivity index (χ3v) is 5.65. The van der Waals surface area contributed by atoms with Crippen LogP contribution in [-0.4, -0.2) is 23.7 Å². The Kier molecular flexibility index (Phi) is 3.68. The van der Waals surface area contributed by atoms with Crippen molar-refractivity contribution in [2.75, 3.05) is 0 Å². The van der Waals surface area contributed by atoms with Crippen LogP contribution in [-0.2, 0) is 9.47 Å². The molecule has 0 aliphatic carbocycles. The van der Waals surface area contributed by atoms with Gasteiger partial charge in [-0.05, 0) is 12.5 Å². The van der Waals surface area contributed by atoms with Gasteiger partial charge in [-0.3, -0.25) is 0 Å². The molecule has 0 amide bonds. The second-order valence-electron chi connectivity index (χ2n) is 5.23. The standard InChI is InChI=1S/C15H16BrClO2/c1-3-5-6-9(17)12-10-7-11-15(18-10)13(12)14(19-11)8(16)4-2/h1,5-6,9-13,15H,4,7H2,2H3/b6-5+,14-8+/t9?,10?,11-,12?,13-,15+/m1/s1. The summed E-state index contributed by atoms with van der Waals surface area (Å²) in [5.41, 5.74) is 0. The van der Waals surface area contributed by atoms with E-state index in [-0.39, 0.29) is 35.5 Å². The highest BCUT2D eigenvalue weighted by atomic mass is 79.9. The Labute approximate surface area is 127 Å². The Morgan fingerprint density at radius 3 is 3.11 bits per heavy atom. The molecule has 4 heteroatoms. The molecule has 3 rings (SSSR count). The Hall–Kier alpha value is -0.430. The number of hydrogen-bond donors (Lipinski definition) is 0. The molecule has 6 atom stereocenters. The van der Waals surface area contributed by atoms with Gasteiger partial charge in [-0.15, -0.1) is 18.0 Å². The van der Waals surface area contributed by atoms with Crippen molar-refractivity contribution in [3.8, 4) is 12.3 Å². The zero-order valence-corrected chi connectivity index (χ0v) is 13.0. The van der Waals surface area contributed by atoms with Crippen LogP contribution in [0.4, 0.5) is 0 Å². The van der Waals surface area contributed by atoms with Gasteiger partial charge in [0.2, 0.25) is 0 Å². The number of terminal acetylenes is 1. The maximum Gasteiger partial charge on any atom is 0.128 e. The van der Waals surface area contributed by atoms with Gasteiger partial charge >= 0.3 is 0 Å². The van der Waals surface area contributed by atoms with Crippen molar-refractivity contribution in [1.82, 2.24) is 0 Å². The van der Waals surface area contributed by atoms with E-state index in [1.165, 1.54) is 0 Å². The van der Waals surface area contributed by atoms with Crippen LogP contribution >= 0.6 is 27.5 Å². The summed E-state index contributed by atoms with van der Waals surface area (Å²) >= 11 is 10.1. The Balaban J connectivity index is 1.91.